The Balaban J connectivity index is 0.000000810. The number of nitrogens with zero attached hydrogens (tertiary/aromatic N) is 1. The van der Waals surface area contributed by atoms with Crippen LogP contribution in [-0.4, -0.2) is 53.8 Å². The third-order valence-electron chi connectivity index (χ3n) is 0.786. The number of rotatable bonds is 2. The molecule has 0 bridgehead atoms. The van der Waals surface area contributed by atoms with Gasteiger partial charge < -0.3 is 5.11 Å². The van der Waals surface area contributed by atoms with E-state index in [2.05, 4.69) is 4.98 Å². The molecule has 1 aromatic heterocycles. The number of aromatic nitrogens is 1. The van der Waals surface area contributed by atoms with Crippen molar-refractivity contribution >= 4 is 55.0 Å². The van der Waals surface area contributed by atoms with Crippen molar-refractivity contribution in [3.8, 4) is 0 Å². The summed E-state index contributed by atoms with van der Waals surface area (Å²) in [5, 5.41) is 10.7. The van der Waals surface area contributed by atoms with E-state index >= 15 is 0 Å². The average molecular weight is 185 g/mol. The van der Waals surface area contributed by atoms with Gasteiger partial charge in [-0.05, 0) is 0 Å². The fourth-order valence-corrected chi connectivity index (χ4v) is 1.08. The van der Waals surface area contributed by atoms with Crippen LogP contribution in [0, 0.1) is 0 Å². The fourth-order valence-electron chi connectivity index (χ4n) is 0.470. The molecule has 0 atom stereocenters. The van der Waals surface area contributed by atoms with E-state index in [0.29, 0.717) is 5.01 Å². The second-order valence-corrected chi connectivity index (χ2v) is 2.48. The van der Waals surface area contributed by atoms with Gasteiger partial charge in [0.15, 0.2) is 0 Å². The number of carboxylic acids is 1. The van der Waals surface area contributed by atoms with Gasteiger partial charge in [0, 0.05) is 11.6 Å². The Kier molecular flexibility index (Phi) is 5.25. The van der Waals surface area contributed by atoms with Crippen molar-refractivity contribution in [3.05, 3.63) is 16.6 Å². The van der Waals surface area contributed by atoms with Crippen molar-refractivity contribution in [2.45, 2.75) is 6.42 Å². The summed E-state index contributed by atoms with van der Waals surface area (Å²) >= 11 is 1.36. The van der Waals surface area contributed by atoms with E-state index in [9.17, 15) is 4.79 Å². The first kappa shape index (κ1) is 10.4. The third-order valence-corrected chi connectivity index (χ3v) is 1.57. The molecule has 0 fully saturated rings. The predicted octanol–water partition coefficient (Wildman–Crippen LogP) is -0.146. The third kappa shape index (κ3) is 3.51. The quantitative estimate of drug-likeness (QED) is 0.652. The molecular formula is C5H7CaNO2S. The van der Waals surface area contributed by atoms with Crippen LogP contribution in [-0.2, 0) is 11.2 Å². The van der Waals surface area contributed by atoms with Crippen LogP contribution in [0.25, 0.3) is 0 Å². The van der Waals surface area contributed by atoms with Crippen molar-refractivity contribution in [1.29, 1.82) is 0 Å². The van der Waals surface area contributed by atoms with Crippen molar-refractivity contribution in [1.82, 2.24) is 4.98 Å². The van der Waals surface area contributed by atoms with E-state index < -0.39 is 5.97 Å². The van der Waals surface area contributed by atoms with Crippen LogP contribution < -0.4 is 0 Å². The molecule has 1 aromatic rings. The van der Waals surface area contributed by atoms with Gasteiger partial charge in [-0.2, -0.15) is 0 Å². The number of carbonyl (C=O) groups is 1. The zero-order valence-electron chi connectivity index (χ0n) is 4.57. The van der Waals surface area contributed by atoms with E-state index in [1.165, 1.54) is 11.3 Å². The van der Waals surface area contributed by atoms with E-state index in [0.717, 1.165) is 0 Å². The molecule has 0 aliphatic rings. The standard InChI is InChI=1S/C5H5NO2S.Ca.2H/c7-5(8)3-4-6-1-2-9-4;;;/h1-2H,3H2,(H,7,8);;;. The molecule has 1 N–H and O–H groups in total. The second kappa shape index (κ2) is 5.07. The Morgan fingerprint density at radius 2 is 2.50 bits per heavy atom. The van der Waals surface area contributed by atoms with Gasteiger partial charge in [-0.1, -0.05) is 0 Å². The molecule has 0 radical (unpaired) electrons. The van der Waals surface area contributed by atoms with Gasteiger partial charge in [0.2, 0.25) is 0 Å². The summed E-state index contributed by atoms with van der Waals surface area (Å²) in [6.07, 6.45) is 1.64. The van der Waals surface area contributed by atoms with Gasteiger partial charge in [-0.15, -0.1) is 11.3 Å². The molecule has 10 heavy (non-hydrogen) atoms. The van der Waals surface area contributed by atoms with Gasteiger partial charge >= 0.3 is 43.7 Å². The molecule has 0 unspecified atom stereocenters. The Labute approximate surface area is 92.1 Å². The fraction of sp³-hybridized carbons (Fsp3) is 0.200. The first-order chi connectivity index (χ1) is 4.29. The van der Waals surface area contributed by atoms with Crippen LogP contribution in [0.1, 0.15) is 5.01 Å². The first-order valence-corrected chi connectivity index (χ1v) is 3.27. The summed E-state index contributed by atoms with van der Waals surface area (Å²) in [6.45, 7) is 0. The number of thiazole rings is 1. The molecule has 0 saturated heterocycles. The molecule has 0 amide bonds. The number of carboxylic acid groups (broad SMARTS) is 1. The zero-order valence-corrected chi connectivity index (χ0v) is 5.39. The van der Waals surface area contributed by atoms with Crippen molar-refractivity contribution < 1.29 is 9.90 Å². The van der Waals surface area contributed by atoms with E-state index in [4.69, 9.17) is 5.11 Å². The molecule has 0 spiro atoms. The first-order valence-electron chi connectivity index (χ1n) is 2.39. The Hall–Kier alpha value is 0.360. The minimum absolute atomic E-state index is 0. The molecule has 1 heterocycles. The normalized spacial score (nSPS) is 8.40. The second-order valence-electron chi connectivity index (χ2n) is 1.50. The van der Waals surface area contributed by atoms with Crippen LogP contribution in [0.15, 0.2) is 11.6 Å². The number of hydrogen-bond acceptors (Lipinski definition) is 3. The Morgan fingerprint density at radius 1 is 1.80 bits per heavy atom. The summed E-state index contributed by atoms with van der Waals surface area (Å²) in [5.41, 5.74) is 0. The maximum absolute atomic E-state index is 10.0. The Bertz CT molecular complexity index is 199. The van der Waals surface area contributed by atoms with Crippen LogP contribution in [0.2, 0.25) is 0 Å². The average Bonchev–Trinajstić information content (AvgIpc) is 2.15. The van der Waals surface area contributed by atoms with E-state index in [1.54, 1.807) is 11.6 Å². The van der Waals surface area contributed by atoms with E-state index in [1.807, 2.05) is 0 Å². The van der Waals surface area contributed by atoms with Crippen LogP contribution in [0.5, 0.6) is 0 Å². The van der Waals surface area contributed by atoms with Gasteiger partial charge in [0.25, 0.3) is 0 Å². The summed E-state index contributed by atoms with van der Waals surface area (Å²) < 4.78 is 0. The van der Waals surface area contributed by atoms with Crippen LogP contribution in [0.4, 0.5) is 0 Å². The number of hydrogen-bond donors (Lipinski definition) is 1. The maximum atomic E-state index is 10.0. The molecule has 0 aliphatic carbocycles. The molecular weight excluding hydrogens is 178 g/mol. The molecule has 5 heteroatoms. The molecule has 0 saturated carbocycles. The number of aliphatic carboxylic acids is 1. The topological polar surface area (TPSA) is 50.2 Å². The van der Waals surface area contributed by atoms with Crippen molar-refractivity contribution in [2.24, 2.45) is 0 Å². The summed E-state index contributed by atoms with van der Waals surface area (Å²) in [4.78, 5) is 13.8. The van der Waals surface area contributed by atoms with Gasteiger partial charge in [-0.25, -0.2) is 4.98 Å². The van der Waals surface area contributed by atoms with Crippen LogP contribution in [0.3, 0.4) is 0 Å². The molecule has 52 valence electrons. The Morgan fingerprint density at radius 3 is 2.90 bits per heavy atom. The molecule has 0 aliphatic heterocycles. The van der Waals surface area contributed by atoms with Gasteiger partial charge in [0.1, 0.15) is 5.01 Å². The van der Waals surface area contributed by atoms with Crippen LogP contribution >= 0.6 is 11.3 Å². The summed E-state index contributed by atoms with van der Waals surface area (Å²) in [5.74, 6) is -0.829. The SMILES string of the molecule is O=C(O)Cc1nccs1.[CaH2]. The van der Waals surface area contributed by atoms with Gasteiger partial charge in [0.05, 0.1) is 6.42 Å². The monoisotopic (exact) mass is 185 g/mol. The molecule has 1 rings (SSSR count). The van der Waals surface area contributed by atoms with E-state index in [-0.39, 0.29) is 44.2 Å². The predicted molar refractivity (Wildman–Crippen MR) is 42.0 cm³/mol. The van der Waals surface area contributed by atoms with Crippen molar-refractivity contribution in [3.63, 3.8) is 0 Å². The summed E-state index contributed by atoms with van der Waals surface area (Å²) in [6, 6.07) is 0. The molecule has 0 aromatic carbocycles. The zero-order chi connectivity index (χ0) is 6.69. The molecule has 3 nitrogen and oxygen atoms in total. The minimum atomic E-state index is -0.829. The van der Waals surface area contributed by atoms with Gasteiger partial charge in [-0.3, -0.25) is 4.79 Å². The summed E-state index contributed by atoms with van der Waals surface area (Å²) in [7, 11) is 0. The van der Waals surface area contributed by atoms with Crippen molar-refractivity contribution in [2.75, 3.05) is 0 Å².